The number of nitrogens with two attached hydrogens (primary N) is 1. The molecule has 1 heterocycles. The number of aliphatic hydroxyl groups is 1. The minimum atomic E-state index is -1.66. The molecule has 0 saturated carbocycles. The number of nitrogens with zero attached hydrogens (tertiary/aromatic N) is 1. The van der Waals surface area contributed by atoms with Crippen LogP contribution in [0.15, 0.2) is 66.7 Å². The number of phenols is 1. The van der Waals surface area contributed by atoms with Crippen molar-refractivity contribution in [3.05, 3.63) is 99.6 Å². The van der Waals surface area contributed by atoms with E-state index < -0.39 is 42.0 Å². The van der Waals surface area contributed by atoms with Crippen molar-refractivity contribution in [3.63, 3.8) is 0 Å². The predicted octanol–water partition coefficient (Wildman–Crippen LogP) is 2.61. The molecule has 10 heteroatoms. The van der Waals surface area contributed by atoms with Crippen molar-refractivity contribution in [2.75, 3.05) is 6.54 Å². The molecule has 41 heavy (non-hydrogen) atoms. The summed E-state index contributed by atoms with van der Waals surface area (Å²) in [5, 5.41) is 27.6. The molecule has 1 fully saturated rings. The number of halogens is 1. The lowest BCUT2D eigenvalue weighted by molar-refractivity contribution is -0.146. The Morgan fingerprint density at radius 1 is 1.05 bits per heavy atom. The van der Waals surface area contributed by atoms with Crippen LogP contribution in [0.1, 0.15) is 39.0 Å². The zero-order valence-electron chi connectivity index (χ0n) is 23.0. The monoisotopic (exact) mass is 578 g/mol. The molecule has 3 amide bonds. The minimum absolute atomic E-state index is 0.0409. The number of phenolic OH excluding ortho intramolecular Hbond substituents is 1. The molecule has 4 rings (SSSR count). The molecule has 3 aromatic rings. The highest BCUT2D eigenvalue weighted by molar-refractivity contribution is 6.31. The van der Waals surface area contributed by atoms with Gasteiger partial charge in [-0.3, -0.25) is 14.4 Å². The van der Waals surface area contributed by atoms with Crippen LogP contribution in [0.25, 0.3) is 0 Å². The molecule has 9 nitrogen and oxygen atoms in total. The van der Waals surface area contributed by atoms with E-state index in [1.165, 1.54) is 11.0 Å². The van der Waals surface area contributed by atoms with E-state index in [9.17, 15) is 24.6 Å². The lowest BCUT2D eigenvalue weighted by Gasteiger charge is -2.30. The summed E-state index contributed by atoms with van der Waals surface area (Å²) in [6.45, 7) is 3.76. The third-order valence-electron chi connectivity index (χ3n) is 7.51. The molecular formula is C31H35ClN4O5. The highest BCUT2D eigenvalue weighted by Crippen LogP contribution is 2.23. The van der Waals surface area contributed by atoms with Gasteiger partial charge in [0.05, 0.1) is 6.04 Å². The maximum atomic E-state index is 13.7. The number of rotatable bonds is 9. The number of hydrogen-bond acceptors (Lipinski definition) is 6. The van der Waals surface area contributed by atoms with Crippen molar-refractivity contribution in [2.24, 2.45) is 5.73 Å². The number of amides is 3. The molecule has 1 aliphatic rings. The van der Waals surface area contributed by atoms with Crippen molar-refractivity contribution in [2.45, 2.75) is 57.5 Å². The molecule has 0 bridgehead atoms. The quantitative estimate of drug-likeness (QED) is 0.264. The average molecular weight is 579 g/mol. The number of nitrogens with one attached hydrogen (secondary N) is 2. The molecule has 0 radical (unpaired) electrons. The van der Waals surface area contributed by atoms with Crippen molar-refractivity contribution >= 4 is 29.3 Å². The van der Waals surface area contributed by atoms with Crippen LogP contribution in [-0.2, 0) is 22.6 Å². The van der Waals surface area contributed by atoms with Gasteiger partial charge in [-0.05, 0) is 61.6 Å². The van der Waals surface area contributed by atoms with Gasteiger partial charge in [-0.2, -0.15) is 0 Å². The van der Waals surface area contributed by atoms with Gasteiger partial charge in [0.25, 0.3) is 11.8 Å². The molecule has 6 N–H and O–H groups in total. The number of benzene rings is 3. The van der Waals surface area contributed by atoms with Crippen LogP contribution in [0.5, 0.6) is 5.75 Å². The fourth-order valence-electron chi connectivity index (χ4n) is 5.11. The van der Waals surface area contributed by atoms with Crippen LogP contribution < -0.4 is 16.4 Å². The molecule has 0 unspecified atom stereocenters. The Morgan fingerprint density at radius 2 is 1.76 bits per heavy atom. The Balaban J connectivity index is 1.53. The minimum Gasteiger partial charge on any atom is -0.508 e. The Kier molecular flexibility index (Phi) is 9.65. The topological polar surface area (TPSA) is 145 Å². The van der Waals surface area contributed by atoms with Crippen molar-refractivity contribution < 1.29 is 24.6 Å². The van der Waals surface area contributed by atoms with Gasteiger partial charge in [0.2, 0.25) is 5.91 Å². The highest BCUT2D eigenvalue weighted by Gasteiger charge is 2.42. The number of carbonyl (C=O) groups is 3. The smallest absolute Gasteiger partial charge is 0.254 e. The first-order valence-corrected chi connectivity index (χ1v) is 13.8. The van der Waals surface area contributed by atoms with Crippen LogP contribution in [0.4, 0.5) is 0 Å². The van der Waals surface area contributed by atoms with Crippen molar-refractivity contribution in [1.29, 1.82) is 0 Å². The van der Waals surface area contributed by atoms with E-state index in [4.69, 9.17) is 17.3 Å². The van der Waals surface area contributed by atoms with E-state index in [0.717, 1.165) is 16.7 Å². The third-order valence-corrected chi connectivity index (χ3v) is 7.86. The van der Waals surface area contributed by atoms with Crippen LogP contribution in [0, 0.1) is 13.8 Å². The summed E-state index contributed by atoms with van der Waals surface area (Å²) < 4.78 is 0. The van der Waals surface area contributed by atoms with E-state index in [1.807, 2.05) is 49.4 Å². The van der Waals surface area contributed by atoms with E-state index in [-0.39, 0.29) is 37.2 Å². The van der Waals surface area contributed by atoms with E-state index in [0.29, 0.717) is 10.6 Å². The van der Waals surface area contributed by atoms with Crippen LogP contribution >= 0.6 is 11.6 Å². The van der Waals surface area contributed by atoms with Gasteiger partial charge in [0.1, 0.15) is 11.8 Å². The Labute approximate surface area is 244 Å². The predicted molar refractivity (Wildman–Crippen MR) is 156 cm³/mol. The molecule has 0 spiro atoms. The molecule has 216 valence electrons. The summed E-state index contributed by atoms with van der Waals surface area (Å²) in [4.78, 5) is 41.4. The standard InChI is InChI=1S/C31H35ClN4O5/c1-18-8-6-12-24(32)23(18)16-34-30(40)26-15-21(33)17-36(26)31(41)28(38)25(14-20-9-4-3-5-10-20)35-29(39)22-11-7-13-27(37)19(22)2/h3-13,21,25-26,28,37-38H,14-17,33H2,1-2H3,(H,34,40)(H,35,39)/t21-,25+,26+,28+/m1/s1. The molecule has 3 aromatic carbocycles. The molecular weight excluding hydrogens is 544 g/mol. The molecule has 1 aliphatic heterocycles. The first-order chi connectivity index (χ1) is 19.6. The van der Waals surface area contributed by atoms with Gasteiger partial charge in [0.15, 0.2) is 6.10 Å². The van der Waals surface area contributed by atoms with E-state index in [2.05, 4.69) is 10.6 Å². The largest absolute Gasteiger partial charge is 0.508 e. The molecule has 1 saturated heterocycles. The first-order valence-electron chi connectivity index (χ1n) is 13.5. The Bertz CT molecular complexity index is 1400. The second-order valence-electron chi connectivity index (χ2n) is 10.4. The van der Waals surface area contributed by atoms with Crippen molar-refractivity contribution in [1.82, 2.24) is 15.5 Å². The second kappa shape index (κ2) is 13.2. The van der Waals surface area contributed by atoms with Gasteiger partial charge < -0.3 is 31.5 Å². The summed E-state index contributed by atoms with van der Waals surface area (Å²) in [5.74, 6) is -1.70. The van der Waals surface area contributed by atoms with Gasteiger partial charge in [-0.15, -0.1) is 0 Å². The fraction of sp³-hybridized carbons (Fsp3) is 0.323. The van der Waals surface area contributed by atoms with Crippen LogP contribution in [0.2, 0.25) is 5.02 Å². The maximum Gasteiger partial charge on any atom is 0.254 e. The maximum absolute atomic E-state index is 13.7. The Hall–Kier alpha value is -3.92. The number of aromatic hydroxyl groups is 1. The summed E-state index contributed by atoms with van der Waals surface area (Å²) in [6, 6.07) is 16.8. The number of likely N-dealkylation sites (tertiary alicyclic amines) is 1. The third kappa shape index (κ3) is 7.05. The second-order valence-corrected chi connectivity index (χ2v) is 10.8. The normalized spacial score (nSPS) is 18.0. The Morgan fingerprint density at radius 3 is 2.46 bits per heavy atom. The van der Waals surface area contributed by atoms with E-state index in [1.54, 1.807) is 25.1 Å². The molecule has 0 aromatic heterocycles. The zero-order valence-corrected chi connectivity index (χ0v) is 23.8. The molecule has 0 aliphatic carbocycles. The summed E-state index contributed by atoms with van der Waals surface area (Å²) >= 11 is 6.30. The van der Waals surface area contributed by atoms with Crippen LogP contribution in [0.3, 0.4) is 0 Å². The lowest BCUT2D eigenvalue weighted by Crippen LogP contribution is -2.56. The SMILES string of the molecule is Cc1cccc(Cl)c1CNC(=O)[C@@H]1C[C@@H](N)CN1C(=O)[C@@H](O)[C@H](Cc1ccccc1)NC(=O)c1cccc(O)c1C. The van der Waals surface area contributed by atoms with Gasteiger partial charge in [-0.1, -0.05) is 60.1 Å². The number of hydrogen-bond donors (Lipinski definition) is 5. The number of aliphatic hydroxyl groups excluding tert-OH is 1. The summed E-state index contributed by atoms with van der Waals surface area (Å²) in [5.41, 5.74) is 9.25. The van der Waals surface area contributed by atoms with Gasteiger partial charge in [0, 0.05) is 35.3 Å². The van der Waals surface area contributed by atoms with E-state index >= 15 is 0 Å². The number of carbonyl (C=O) groups excluding carboxylic acids is 3. The fourth-order valence-corrected chi connectivity index (χ4v) is 5.40. The van der Waals surface area contributed by atoms with Gasteiger partial charge in [-0.25, -0.2) is 0 Å². The summed E-state index contributed by atoms with van der Waals surface area (Å²) in [7, 11) is 0. The van der Waals surface area contributed by atoms with Gasteiger partial charge >= 0.3 is 0 Å². The first kappa shape index (κ1) is 30.0. The average Bonchev–Trinajstić information content (AvgIpc) is 3.35. The summed E-state index contributed by atoms with van der Waals surface area (Å²) in [6.07, 6.45) is -1.28. The van der Waals surface area contributed by atoms with Crippen LogP contribution in [-0.4, -0.2) is 63.6 Å². The highest BCUT2D eigenvalue weighted by atomic mass is 35.5. The number of aryl methyl sites for hydroxylation is 1. The molecule has 4 atom stereocenters. The van der Waals surface area contributed by atoms with Crippen molar-refractivity contribution in [3.8, 4) is 5.75 Å². The zero-order chi connectivity index (χ0) is 29.7. The lowest BCUT2D eigenvalue weighted by atomic mass is 9.98.